The smallest absolute Gasteiger partial charge is 0.328 e. The Morgan fingerprint density at radius 1 is 1.43 bits per heavy atom. The Balaban J connectivity index is 1.60. The quantitative estimate of drug-likeness (QED) is 0.855. The van der Waals surface area contributed by atoms with E-state index in [1.807, 2.05) is 0 Å². The van der Waals surface area contributed by atoms with E-state index in [1.54, 1.807) is 23.2 Å². The average Bonchev–Trinajstić information content (AvgIpc) is 2.94. The van der Waals surface area contributed by atoms with Gasteiger partial charge in [-0.3, -0.25) is 0 Å². The molecule has 0 bridgehead atoms. The van der Waals surface area contributed by atoms with E-state index in [1.165, 1.54) is 4.90 Å². The van der Waals surface area contributed by atoms with Crippen molar-refractivity contribution in [2.45, 2.75) is 18.9 Å². The molecule has 1 N–H and O–H groups in total. The van der Waals surface area contributed by atoms with Crippen LogP contribution in [0.2, 0.25) is 0 Å². The standard InChI is InChI=1S/C13H17N5O3/c19-12-14-6-8-18(12)13(20)17-7-2-3-10(9-17)21-11-4-1-5-15-16-11/h1,4-5,10H,2-3,6-9H2,(H,14,19)/t10-/m1/s1. The molecule has 3 rings (SSSR count). The van der Waals surface area contributed by atoms with Crippen LogP contribution in [0.3, 0.4) is 0 Å². The monoisotopic (exact) mass is 291 g/mol. The molecule has 0 aliphatic carbocycles. The van der Waals surface area contributed by atoms with Crippen molar-refractivity contribution < 1.29 is 14.3 Å². The molecule has 0 spiro atoms. The maximum atomic E-state index is 12.3. The van der Waals surface area contributed by atoms with E-state index in [0.29, 0.717) is 32.1 Å². The number of nitrogens with one attached hydrogen (secondary N) is 1. The van der Waals surface area contributed by atoms with Gasteiger partial charge in [0, 0.05) is 31.9 Å². The zero-order chi connectivity index (χ0) is 14.7. The van der Waals surface area contributed by atoms with Crippen LogP contribution in [0.15, 0.2) is 18.3 Å². The fraction of sp³-hybridized carbons (Fsp3) is 0.538. The Hall–Kier alpha value is -2.38. The lowest BCUT2D eigenvalue weighted by Crippen LogP contribution is -2.50. The predicted molar refractivity (Wildman–Crippen MR) is 72.8 cm³/mol. The SMILES string of the molecule is O=C1NCCN1C(=O)N1CCC[C@@H](Oc2cccnn2)C1. The van der Waals surface area contributed by atoms with Gasteiger partial charge in [-0.15, -0.1) is 5.10 Å². The number of ether oxygens (including phenoxy) is 1. The van der Waals surface area contributed by atoms with Crippen molar-refractivity contribution in [1.29, 1.82) is 0 Å². The van der Waals surface area contributed by atoms with Crippen molar-refractivity contribution in [2.75, 3.05) is 26.2 Å². The van der Waals surface area contributed by atoms with Crippen LogP contribution < -0.4 is 10.1 Å². The summed E-state index contributed by atoms with van der Waals surface area (Å²) in [6.07, 6.45) is 3.15. The third kappa shape index (κ3) is 3.04. The molecule has 0 unspecified atom stereocenters. The largest absolute Gasteiger partial charge is 0.471 e. The van der Waals surface area contributed by atoms with E-state index in [-0.39, 0.29) is 18.2 Å². The summed E-state index contributed by atoms with van der Waals surface area (Å²) in [7, 11) is 0. The highest BCUT2D eigenvalue weighted by Crippen LogP contribution is 2.17. The van der Waals surface area contributed by atoms with E-state index in [0.717, 1.165) is 12.8 Å². The van der Waals surface area contributed by atoms with Gasteiger partial charge >= 0.3 is 12.1 Å². The lowest BCUT2D eigenvalue weighted by molar-refractivity contribution is 0.0875. The summed E-state index contributed by atoms with van der Waals surface area (Å²) in [6, 6.07) is 2.92. The Bertz CT molecular complexity index is 524. The Morgan fingerprint density at radius 3 is 3.05 bits per heavy atom. The van der Waals surface area contributed by atoms with Crippen LogP contribution >= 0.6 is 0 Å². The highest BCUT2D eigenvalue weighted by atomic mass is 16.5. The van der Waals surface area contributed by atoms with Crippen LogP contribution in [0, 0.1) is 0 Å². The van der Waals surface area contributed by atoms with Crippen LogP contribution in [0.25, 0.3) is 0 Å². The fourth-order valence-corrected chi connectivity index (χ4v) is 2.55. The maximum absolute atomic E-state index is 12.3. The minimum absolute atomic E-state index is 0.120. The first-order valence-corrected chi connectivity index (χ1v) is 7.02. The molecule has 1 aromatic rings. The molecule has 3 heterocycles. The maximum Gasteiger partial charge on any atom is 0.328 e. The minimum Gasteiger partial charge on any atom is -0.471 e. The molecule has 2 saturated heterocycles. The first kappa shape index (κ1) is 13.6. The van der Waals surface area contributed by atoms with E-state index < -0.39 is 0 Å². The number of urea groups is 2. The number of carbonyl (C=O) groups excluding carboxylic acids is 2. The fourth-order valence-electron chi connectivity index (χ4n) is 2.55. The molecule has 8 heteroatoms. The lowest BCUT2D eigenvalue weighted by Gasteiger charge is -2.34. The van der Waals surface area contributed by atoms with E-state index >= 15 is 0 Å². The van der Waals surface area contributed by atoms with E-state index in [2.05, 4.69) is 15.5 Å². The average molecular weight is 291 g/mol. The molecule has 0 radical (unpaired) electrons. The number of amides is 4. The number of imide groups is 1. The van der Waals surface area contributed by atoms with Crippen molar-refractivity contribution in [3.63, 3.8) is 0 Å². The lowest BCUT2D eigenvalue weighted by atomic mass is 10.1. The molecule has 4 amide bonds. The third-order valence-electron chi connectivity index (χ3n) is 3.57. The Kier molecular flexibility index (Phi) is 3.85. The number of piperidine rings is 1. The second kappa shape index (κ2) is 5.94. The van der Waals surface area contributed by atoms with Crippen LogP contribution in [-0.4, -0.2) is 64.3 Å². The van der Waals surface area contributed by atoms with Crippen LogP contribution in [0.4, 0.5) is 9.59 Å². The van der Waals surface area contributed by atoms with Gasteiger partial charge in [-0.2, -0.15) is 5.10 Å². The topological polar surface area (TPSA) is 87.7 Å². The van der Waals surface area contributed by atoms with Crippen LogP contribution in [0.5, 0.6) is 5.88 Å². The van der Waals surface area contributed by atoms with Gasteiger partial charge < -0.3 is 15.0 Å². The van der Waals surface area contributed by atoms with Crippen molar-refractivity contribution >= 4 is 12.1 Å². The van der Waals surface area contributed by atoms with Gasteiger partial charge in [-0.25, -0.2) is 14.5 Å². The minimum atomic E-state index is -0.322. The highest BCUT2D eigenvalue weighted by molar-refractivity contribution is 5.95. The van der Waals surface area contributed by atoms with Gasteiger partial charge in [0.2, 0.25) is 5.88 Å². The first-order chi connectivity index (χ1) is 10.2. The number of carbonyl (C=O) groups is 2. The van der Waals surface area contributed by atoms with Gasteiger partial charge in [-0.05, 0) is 18.9 Å². The van der Waals surface area contributed by atoms with Crippen molar-refractivity contribution in [3.8, 4) is 5.88 Å². The van der Waals surface area contributed by atoms with E-state index in [4.69, 9.17) is 4.74 Å². The summed E-state index contributed by atoms with van der Waals surface area (Å²) in [6.45, 7) is 2.03. The van der Waals surface area contributed by atoms with E-state index in [9.17, 15) is 9.59 Å². The number of nitrogens with zero attached hydrogens (tertiary/aromatic N) is 4. The van der Waals surface area contributed by atoms with Gasteiger partial charge in [0.05, 0.1) is 6.54 Å². The van der Waals surface area contributed by atoms with Crippen LogP contribution in [-0.2, 0) is 0 Å². The number of hydrogen-bond acceptors (Lipinski definition) is 5. The molecular formula is C13H17N5O3. The van der Waals surface area contributed by atoms with Crippen LogP contribution in [0.1, 0.15) is 12.8 Å². The molecular weight excluding hydrogens is 274 g/mol. The van der Waals surface area contributed by atoms with Crippen molar-refractivity contribution in [2.24, 2.45) is 0 Å². The number of hydrogen-bond donors (Lipinski definition) is 1. The molecule has 21 heavy (non-hydrogen) atoms. The number of rotatable bonds is 2. The molecule has 0 saturated carbocycles. The Morgan fingerprint density at radius 2 is 2.33 bits per heavy atom. The zero-order valence-electron chi connectivity index (χ0n) is 11.6. The van der Waals surface area contributed by atoms with Crippen molar-refractivity contribution in [1.82, 2.24) is 25.3 Å². The summed E-state index contributed by atoms with van der Waals surface area (Å²) in [4.78, 5) is 26.8. The van der Waals surface area contributed by atoms with Gasteiger partial charge in [0.1, 0.15) is 6.10 Å². The summed E-state index contributed by atoms with van der Waals surface area (Å²) < 4.78 is 5.74. The van der Waals surface area contributed by atoms with Crippen molar-refractivity contribution in [3.05, 3.63) is 18.3 Å². The molecule has 0 aromatic carbocycles. The molecule has 112 valence electrons. The summed E-state index contributed by atoms with van der Waals surface area (Å²) >= 11 is 0. The third-order valence-corrected chi connectivity index (χ3v) is 3.57. The summed E-state index contributed by atoms with van der Waals surface area (Å²) in [5.41, 5.74) is 0. The summed E-state index contributed by atoms with van der Waals surface area (Å²) in [5.74, 6) is 0.454. The predicted octanol–water partition coefficient (Wildman–Crippen LogP) is 0.465. The Labute approximate surface area is 122 Å². The molecule has 2 aliphatic heterocycles. The molecule has 2 aliphatic rings. The molecule has 2 fully saturated rings. The number of likely N-dealkylation sites (tertiary alicyclic amines) is 1. The molecule has 1 aromatic heterocycles. The number of aromatic nitrogens is 2. The second-order valence-corrected chi connectivity index (χ2v) is 5.06. The van der Waals surface area contributed by atoms with Gasteiger partial charge in [0.25, 0.3) is 0 Å². The first-order valence-electron chi connectivity index (χ1n) is 7.02. The highest BCUT2D eigenvalue weighted by Gasteiger charge is 2.33. The normalized spacial score (nSPS) is 22.1. The molecule has 8 nitrogen and oxygen atoms in total. The van der Waals surface area contributed by atoms with Gasteiger partial charge in [0.15, 0.2) is 0 Å². The van der Waals surface area contributed by atoms with Gasteiger partial charge in [-0.1, -0.05) is 0 Å². The zero-order valence-corrected chi connectivity index (χ0v) is 11.6. The second-order valence-electron chi connectivity index (χ2n) is 5.06. The summed E-state index contributed by atoms with van der Waals surface area (Å²) in [5, 5.41) is 10.3. The molecule has 1 atom stereocenters.